The SMILES string of the molecule is CPN(C)/C(C)=C(\C)CCC(C)C. The molecule has 0 spiro atoms. The second-order valence-corrected chi connectivity index (χ2v) is 5.20. The molecule has 0 aliphatic rings. The van der Waals surface area contributed by atoms with Crippen LogP contribution in [-0.2, 0) is 0 Å². The van der Waals surface area contributed by atoms with Gasteiger partial charge in [0.05, 0.1) is 0 Å². The molecule has 0 aromatic heterocycles. The summed E-state index contributed by atoms with van der Waals surface area (Å²) in [6.45, 7) is 11.3. The van der Waals surface area contributed by atoms with Crippen molar-refractivity contribution < 1.29 is 0 Å². The van der Waals surface area contributed by atoms with Gasteiger partial charge in [-0.3, -0.25) is 0 Å². The van der Waals surface area contributed by atoms with E-state index in [1.807, 2.05) is 0 Å². The van der Waals surface area contributed by atoms with Gasteiger partial charge in [-0.1, -0.05) is 19.4 Å². The van der Waals surface area contributed by atoms with Gasteiger partial charge in [-0.2, -0.15) is 0 Å². The third kappa shape index (κ3) is 5.31. The van der Waals surface area contributed by atoms with E-state index in [-0.39, 0.29) is 0 Å². The van der Waals surface area contributed by atoms with E-state index in [0.717, 1.165) is 14.6 Å². The molecule has 0 aromatic rings. The van der Waals surface area contributed by atoms with E-state index in [1.54, 1.807) is 5.57 Å². The molecule has 0 bridgehead atoms. The molecule has 1 nitrogen and oxygen atoms in total. The molecular weight excluding hydrogens is 177 g/mol. The van der Waals surface area contributed by atoms with Crippen molar-refractivity contribution in [2.45, 2.75) is 40.5 Å². The van der Waals surface area contributed by atoms with Gasteiger partial charge in [-0.05, 0) is 48.0 Å². The molecule has 0 aliphatic heterocycles. The van der Waals surface area contributed by atoms with Crippen LogP contribution in [0.1, 0.15) is 40.5 Å². The Morgan fingerprint density at radius 3 is 2.23 bits per heavy atom. The van der Waals surface area contributed by atoms with Gasteiger partial charge in [0, 0.05) is 12.7 Å². The highest BCUT2D eigenvalue weighted by atomic mass is 31.1. The fourth-order valence-electron chi connectivity index (χ4n) is 1.14. The number of hydrogen-bond donors (Lipinski definition) is 0. The number of allylic oxidation sites excluding steroid dienone is 2. The van der Waals surface area contributed by atoms with Crippen molar-refractivity contribution in [1.82, 2.24) is 4.67 Å². The van der Waals surface area contributed by atoms with Crippen LogP contribution in [0.25, 0.3) is 0 Å². The van der Waals surface area contributed by atoms with Gasteiger partial charge in [-0.15, -0.1) is 0 Å². The zero-order valence-electron chi connectivity index (χ0n) is 9.94. The molecule has 0 heterocycles. The molecule has 0 amide bonds. The highest BCUT2D eigenvalue weighted by molar-refractivity contribution is 7.34. The second-order valence-electron chi connectivity index (χ2n) is 4.08. The summed E-state index contributed by atoms with van der Waals surface area (Å²) < 4.78 is 2.34. The molecule has 1 atom stereocenters. The lowest BCUT2D eigenvalue weighted by molar-refractivity contribution is 0.573. The number of rotatable bonds is 5. The van der Waals surface area contributed by atoms with Crippen molar-refractivity contribution in [2.24, 2.45) is 5.92 Å². The molecule has 0 rings (SSSR count). The van der Waals surface area contributed by atoms with Crippen LogP contribution in [0, 0.1) is 5.92 Å². The highest BCUT2D eigenvalue weighted by Crippen LogP contribution is 2.22. The third-order valence-electron chi connectivity index (χ3n) is 2.55. The Morgan fingerprint density at radius 2 is 1.85 bits per heavy atom. The maximum absolute atomic E-state index is 2.34. The predicted molar refractivity (Wildman–Crippen MR) is 64.4 cm³/mol. The summed E-state index contributed by atoms with van der Waals surface area (Å²) >= 11 is 0. The number of hydrogen-bond acceptors (Lipinski definition) is 1. The highest BCUT2D eigenvalue weighted by Gasteiger charge is 2.02. The van der Waals surface area contributed by atoms with Crippen molar-refractivity contribution in [2.75, 3.05) is 13.7 Å². The molecule has 0 saturated carbocycles. The summed E-state index contributed by atoms with van der Waals surface area (Å²) in [6, 6.07) is 0. The van der Waals surface area contributed by atoms with Crippen molar-refractivity contribution >= 4 is 8.73 Å². The molecule has 1 unspecified atom stereocenters. The van der Waals surface area contributed by atoms with Crippen LogP contribution in [0.3, 0.4) is 0 Å². The normalized spacial score (nSPS) is 14.1. The monoisotopic (exact) mass is 201 g/mol. The standard InChI is InChI=1S/C11H24NP/c1-9(2)7-8-10(3)11(4)12(5)13-6/h9,13H,7-8H2,1-6H3/b11-10+. The average molecular weight is 201 g/mol. The van der Waals surface area contributed by atoms with Gasteiger partial charge in [0.25, 0.3) is 0 Å². The molecule has 0 aromatic carbocycles. The van der Waals surface area contributed by atoms with Crippen molar-refractivity contribution in [3.63, 3.8) is 0 Å². The van der Waals surface area contributed by atoms with E-state index in [9.17, 15) is 0 Å². The zero-order chi connectivity index (χ0) is 10.4. The Labute approximate surface area is 85.4 Å². The van der Waals surface area contributed by atoms with Crippen LogP contribution in [0.2, 0.25) is 0 Å². The van der Waals surface area contributed by atoms with Crippen LogP contribution in [0.15, 0.2) is 11.3 Å². The number of nitrogens with zero attached hydrogens (tertiary/aromatic N) is 1. The molecule has 0 fully saturated rings. The first-order chi connectivity index (χ1) is 5.99. The molecule has 0 N–H and O–H groups in total. The van der Waals surface area contributed by atoms with Crippen LogP contribution >= 0.6 is 8.73 Å². The van der Waals surface area contributed by atoms with Crippen molar-refractivity contribution in [3.05, 3.63) is 11.3 Å². The summed E-state index contributed by atoms with van der Waals surface area (Å²) in [6.07, 6.45) is 2.56. The molecule has 0 saturated heterocycles. The molecule has 13 heavy (non-hydrogen) atoms. The van der Waals surface area contributed by atoms with Gasteiger partial charge >= 0.3 is 0 Å². The Morgan fingerprint density at radius 1 is 1.31 bits per heavy atom. The minimum absolute atomic E-state index is 0.817. The minimum Gasteiger partial charge on any atom is -0.360 e. The quantitative estimate of drug-likeness (QED) is 0.610. The van der Waals surface area contributed by atoms with Gasteiger partial charge < -0.3 is 4.67 Å². The summed E-state index contributed by atoms with van der Waals surface area (Å²) in [5.41, 5.74) is 3.01. The summed E-state index contributed by atoms with van der Waals surface area (Å²) in [7, 11) is 3.05. The van der Waals surface area contributed by atoms with Crippen LogP contribution in [0.4, 0.5) is 0 Å². The Kier molecular flexibility index (Phi) is 6.41. The molecular formula is C11H24NP. The van der Waals surface area contributed by atoms with Gasteiger partial charge in [-0.25, -0.2) is 0 Å². The lowest BCUT2D eigenvalue weighted by Gasteiger charge is -2.20. The minimum atomic E-state index is 0.817. The second kappa shape index (κ2) is 6.43. The largest absolute Gasteiger partial charge is 0.360 e. The van der Waals surface area contributed by atoms with E-state index in [4.69, 9.17) is 0 Å². The first kappa shape index (κ1) is 13.0. The maximum atomic E-state index is 2.34. The molecule has 0 aliphatic carbocycles. The van der Waals surface area contributed by atoms with E-state index in [0.29, 0.717) is 0 Å². The predicted octanol–water partition coefficient (Wildman–Crippen LogP) is 3.87. The lowest BCUT2D eigenvalue weighted by atomic mass is 10.0. The van der Waals surface area contributed by atoms with Crippen molar-refractivity contribution in [1.29, 1.82) is 0 Å². The van der Waals surface area contributed by atoms with E-state index < -0.39 is 0 Å². The Bertz CT molecular complexity index is 173. The van der Waals surface area contributed by atoms with E-state index in [1.165, 1.54) is 18.5 Å². The zero-order valence-corrected chi connectivity index (χ0v) is 10.9. The summed E-state index contributed by atoms with van der Waals surface area (Å²) in [4.78, 5) is 0. The molecule has 0 radical (unpaired) electrons. The smallest absolute Gasteiger partial charge is 0.0119 e. The van der Waals surface area contributed by atoms with Gasteiger partial charge in [0.15, 0.2) is 0 Å². The van der Waals surface area contributed by atoms with Gasteiger partial charge in [0.2, 0.25) is 0 Å². The topological polar surface area (TPSA) is 3.24 Å². The summed E-state index contributed by atoms with van der Waals surface area (Å²) in [5, 5.41) is 0. The summed E-state index contributed by atoms with van der Waals surface area (Å²) in [5.74, 6) is 0.817. The fourth-order valence-corrected chi connectivity index (χ4v) is 1.67. The Hall–Kier alpha value is -0.0300. The Balaban J connectivity index is 4.10. The van der Waals surface area contributed by atoms with E-state index >= 15 is 0 Å². The molecule has 2 heteroatoms. The third-order valence-corrected chi connectivity index (χ3v) is 3.56. The first-order valence-electron chi connectivity index (χ1n) is 5.06. The lowest BCUT2D eigenvalue weighted by Crippen LogP contribution is -2.05. The van der Waals surface area contributed by atoms with Gasteiger partial charge in [0.1, 0.15) is 0 Å². The van der Waals surface area contributed by atoms with Crippen LogP contribution < -0.4 is 0 Å². The van der Waals surface area contributed by atoms with Crippen molar-refractivity contribution in [3.8, 4) is 0 Å². The first-order valence-corrected chi connectivity index (χ1v) is 6.51. The average Bonchev–Trinajstić information content (AvgIpc) is 2.11. The van der Waals surface area contributed by atoms with Crippen LogP contribution in [-0.4, -0.2) is 18.4 Å². The van der Waals surface area contributed by atoms with Crippen LogP contribution in [0.5, 0.6) is 0 Å². The fraction of sp³-hybridized carbons (Fsp3) is 0.818. The molecule has 78 valence electrons. The van der Waals surface area contributed by atoms with E-state index in [2.05, 4.69) is 46.1 Å². The maximum Gasteiger partial charge on any atom is 0.0119 e.